The van der Waals surface area contributed by atoms with Gasteiger partial charge >= 0.3 is 0 Å². The van der Waals surface area contributed by atoms with Gasteiger partial charge in [0, 0.05) is 38.5 Å². The molecule has 0 amide bonds. The molecule has 0 N–H and O–H groups in total. The zero-order chi connectivity index (χ0) is 55.7. The minimum Gasteiger partial charge on any atom is -0.458 e. The van der Waals surface area contributed by atoms with Crippen LogP contribution in [0.1, 0.15) is 0 Å². The summed E-state index contributed by atoms with van der Waals surface area (Å²) in [7, 11) is 0. The zero-order valence-corrected chi connectivity index (χ0v) is 45.9. The first-order valence-electron chi connectivity index (χ1n) is 29.1. The van der Waals surface area contributed by atoms with Crippen molar-refractivity contribution in [2.45, 2.75) is 0 Å². The number of para-hydroxylation sites is 5. The normalized spacial score (nSPS) is 12.8. The fourth-order valence-electron chi connectivity index (χ4n) is 13.9. The van der Waals surface area contributed by atoms with Crippen LogP contribution in [0, 0.1) is 0 Å². The number of fused-ring (bicyclic) bond motifs is 11. The lowest BCUT2D eigenvalue weighted by Crippen LogP contribution is -2.57. The molecule has 394 valence electrons. The van der Waals surface area contributed by atoms with Crippen LogP contribution in [0.15, 0.2) is 285 Å². The van der Waals surface area contributed by atoms with E-state index in [1.54, 1.807) is 0 Å². The summed E-state index contributed by atoms with van der Waals surface area (Å²) in [4.78, 5) is 0. The van der Waals surface area contributed by atoms with Gasteiger partial charge in [-0.05, 0) is 162 Å². The average molecular weight is 1080 g/mol. The van der Waals surface area contributed by atoms with Crippen LogP contribution in [0.25, 0.3) is 94.3 Å². The predicted molar refractivity (Wildman–Crippen MR) is 349 cm³/mol. The maximum Gasteiger partial charge on any atom is 0.260 e. The fourth-order valence-corrected chi connectivity index (χ4v) is 13.9. The number of rotatable bonds is 7. The van der Waals surface area contributed by atoms with Crippen molar-refractivity contribution in [3.63, 3.8) is 0 Å². The predicted octanol–water partition coefficient (Wildman–Crippen LogP) is 16.2. The van der Waals surface area contributed by atoms with Gasteiger partial charge in [0.15, 0.2) is 0 Å². The van der Waals surface area contributed by atoms with Crippen LogP contribution in [-0.4, -0.2) is 18.0 Å². The number of benzene rings is 13. The highest BCUT2D eigenvalue weighted by Gasteiger charge is 2.42. The van der Waals surface area contributed by atoms with E-state index in [1.165, 1.54) is 0 Å². The molecule has 85 heavy (non-hydrogen) atoms. The second kappa shape index (κ2) is 18.8. The second-order valence-electron chi connectivity index (χ2n) is 22.6. The lowest BCUT2D eigenvalue weighted by atomic mass is 9.35. The molecule has 14 aromatic rings. The molecule has 0 atom stereocenters. The Morgan fingerprint density at radius 1 is 0.224 bits per heavy atom. The van der Waals surface area contributed by atoms with E-state index in [-0.39, 0.29) is 13.4 Å². The van der Waals surface area contributed by atoms with Gasteiger partial charge < -0.3 is 23.5 Å². The Kier molecular flexibility index (Phi) is 10.5. The smallest absolute Gasteiger partial charge is 0.260 e. The number of aromatic nitrogens is 1. The standard InChI is InChI=1S/C78H47B2NO4/c1-4-18-48(19-5-1)54-40-59(52-36-32-50(33-37-52)56-44-71-75-72(45-56)83-68-29-15-11-25-64(68)79(75)63-24-10-14-28-67(63)82-71)77-61(42-54)62-43-55(49-20-6-2-7-21-49)41-60(78(62)81(77)58-22-8-3-9-23-58)53-38-34-51(35-39-53)57-46-73-76-74(47-57)85-70-31-17-13-27-66(70)80(76)65-26-12-16-30-69(65)84-73/h1-47H. The third kappa shape index (κ3) is 7.53. The third-order valence-electron chi connectivity index (χ3n) is 17.8. The molecule has 0 fully saturated rings. The van der Waals surface area contributed by atoms with Gasteiger partial charge in [0.1, 0.15) is 46.0 Å². The Morgan fingerprint density at radius 3 is 0.859 bits per heavy atom. The van der Waals surface area contributed by atoms with E-state index < -0.39 is 0 Å². The summed E-state index contributed by atoms with van der Waals surface area (Å²) < 4.78 is 29.5. The van der Waals surface area contributed by atoms with Crippen molar-refractivity contribution in [3.8, 4) is 118 Å². The number of ether oxygens (including phenoxy) is 4. The van der Waals surface area contributed by atoms with Crippen LogP contribution in [-0.2, 0) is 0 Å². The quantitative estimate of drug-likeness (QED) is 0.149. The van der Waals surface area contributed by atoms with Crippen molar-refractivity contribution >= 4 is 68.0 Å². The Labute approximate surface area is 492 Å². The fraction of sp³-hybridized carbons (Fsp3) is 0. The van der Waals surface area contributed by atoms with Gasteiger partial charge in [-0.25, -0.2) is 0 Å². The third-order valence-corrected chi connectivity index (χ3v) is 17.8. The van der Waals surface area contributed by atoms with Gasteiger partial charge in [0.25, 0.3) is 13.4 Å². The Morgan fingerprint density at radius 2 is 0.506 bits per heavy atom. The van der Waals surface area contributed by atoms with E-state index in [1.807, 2.05) is 24.3 Å². The SMILES string of the molecule is c1ccc(-c2cc(-c3ccc(-c4cc5c6c(c4)Oc4ccccc4B6c4ccccc4O5)cc3)c3c(c2)c2cc(-c4ccccc4)cc(-c4ccc(-c5cc6c7c(c5)Oc5ccccc5B7c5ccccc5O6)cc4)c2n3-c2ccccc2)cc1. The van der Waals surface area contributed by atoms with Crippen molar-refractivity contribution in [2.24, 2.45) is 0 Å². The van der Waals surface area contributed by atoms with E-state index in [0.29, 0.717) is 0 Å². The van der Waals surface area contributed by atoms with Crippen LogP contribution in [0.5, 0.6) is 46.0 Å². The highest BCUT2D eigenvalue weighted by molar-refractivity contribution is 6.99. The number of hydrogen-bond acceptors (Lipinski definition) is 4. The first kappa shape index (κ1) is 47.6. The van der Waals surface area contributed by atoms with Gasteiger partial charge in [-0.1, -0.05) is 200 Å². The molecule has 1 aromatic heterocycles. The van der Waals surface area contributed by atoms with Gasteiger partial charge in [0.2, 0.25) is 0 Å². The first-order chi connectivity index (χ1) is 42.1. The van der Waals surface area contributed by atoms with Crippen LogP contribution in [0.2, 0.25) is 0 Å². The Balaban J connectivity index is 0.814. The minimum atomic E-state index is 0.0146. The van der Waals surface area contributed by atoms with Gasteiger partial charge in [-0.15, -0.1) is 0 Å². The Hall–Kier alpha value is -11.0. The van der Waals surface area contributed by atoms with Crippen molar-refractivity contribution < 1.29 is 18.9 Å². The van der Waals surface area contributed by atoms with E-state index in [2.05, 4.69) is 265 Å². The van der Waals surface area contributed by atoms with Crippen molar-refractivity contribution in [3.05, 3.63) is 285 Å². The van der Waals surface area contributed by atoms with Gasteiger partial charge in [-0.3, -0.25) is 0 Å². The molecule has 0 radical (unpaired) electrons. The Bertz CT molecular complexity index is 4620. The van der Waals surface area contributed by atoms with Crippen LogP contribution < -0.4 is 51.7 Å². The lowest BCUT2D eigenvalue weighted by molar-refractivity contribution is 0.464. The van der Waals surface area contributed by atoms with Gasteiger partial charge in [0.05, 0.1) is 11.0 Å². The van der Waals surface area contributed by atoms with Crippen LogP contribution >= 0.6 is 0 Å². The highest BCUT2D eigenvalue weighted by Crippen LogP contribution is 2.48. The maximum atomic E-state index is 6.75. The average Bonchev–Trinajstić information content (AvgIpc) is 2.82. The number of hydrogen-bond donors (Lipinski definition) is 0. The van der Waals surface area contributed by atoms with Crippen molar-refractivity contribution in [1.29, 1.82) is 0 Å². The molecule has 5 heterocycles. The summed E-state index contributed by atoms with van der Waals surface area (Å²) in [5.41, 5.74) is 23.3. The summed E-state index contributed by atoms with van der Waals surface area (Å²) in [6.07, 6.45) is 0. The lowest BCUT2D eigenvalue weighted by Gasteiger charge is -2.33. The van der Waals surface area contributed by atoms with E-state index in [4.69, 9.17) is 18.9 Å². The maximum absolute atomic E-state index is 6.75. The monoisotopic (exact) mass is 1080 g/mol. The zero-order valence-electron chi connectivity index (χ0n) is 45.9. The molecule has 13 aromatic carbocycles. The molecule has 0 saturated carbocycles. The molecule has 18 rings (SSSR count). The second-order valence-corrected chi connectivity index (χ2v) is 22.6. The summed E-state index contributed by atoms with van der Waals surface area (Å²) >= 11 is 0. The molecule has 5 nitrogen and oxygen atoms in total. The largest absolute Gasteiger partial charge is 0.458 e. The molecule has 4 aliphatic rings. The molecule has 0 spiro atoms. The van der Waals surface area contributed by atoms with E-state index >= 15 is 0 Å². The van der Waals surface area contributed by atoms with E-state index in [0.717, 1.165) is 173 Å². The van der Waals surface area contributed by atoms with Crippen LogP contribution in [0.4, 0.5) is 0 Å². The summed E-state index contributed by atoms with van der Waals surface area (Å²) in [6.45, 7) is 0.0292. The molecular formula is C78H47B2NO4. The van der Waals surface area contributed by atoms with Gasteiger partial charge in [-0.2, -0.15) is 0 Å². The molecule has 7 heteroatoms. The molecule has 0 bridgehead atoms. The van der Waals surface area contributed by atoms with Crippen molar-refractivity contribution in [1.82, 2.24) is 4.57 Å². The molecule has 4 aliphatic heterocycles. The summed E-state index contributed by atoms with van der Waals surface area (Å²) in [5, 5.41) is 2.33. The molecule has 0 unspecified atom stereocenters. The van der Waals surface area contributed by atoms with Crippen molar-refractivity contribution in [2.75, 3.05) is 0 Å². The minimum absolute atomic E-state index is 0.0146. The molecular weight excluding hydrogens is 1040 g/mol. The topological polar surface area (TPSA) is 41.9 Å². The number of nitrogens with zero attached hydrogens (tertiary/aromatic N) is 1. The molecule has 0 aliphatic carbocycles. The summed E-state index contributed by atoms with van der Waals surface area (Å²) in [5.74, 6) is 6.79. The van der Waals surface area contributed by atoms with E-state index in [9.17, 15) is 0 Å². The highest BCUT2D eigenvalue weighted by atomic mass is 16.5. The van der Waals surface area contributed by atoms with Crippen LogP contribution in [0.3, 0.4) is 0 Å². The first-order valence-corrected chi connectivity index (χ1v) is 29.1. The summed E-state index contributed by atoms with van der Waals surface area (Å²) in [6, 6.07) is 102. The molecule has 0 saturated heterocycles.